The number of hydrogen-bond donors (Lipinski definition) is 0. The smallest absolute Gasteiger partial charge is 0.269 e. The fraction of sp³-hybridized carbons (Fsp3) is 0.308. The summed E-state index contributed by atoms with van der Waals surface area (Å²) in [5, 5.41) is 0. The Morgan fingerprint density at radius 2 is 1.91 bits per heavy atom. The predicted octanol–water partition coefficient (Wildman–Crippen LogP) is 5.89. The Morgan fingerprint density at radius 3 is 2.71 bits per heavy atom. The third-order valence-corrected chi connectivity index (χ3v) is 7.26. The van der Waals surface area contributed by atoms with Gasteiger partial charge in [-0.25, -0.2) is 0 Å². The van der Waals surface area contributed by atoms with Gasteiger partial charge in [-0.05, 0) is 55.7 Å². The minimum atomic E-state index is -0.306. The molecule has 1 aromatic carbocycles. The van der Waals surface area contributed by atoms with Gasteiger partial charge in [-0.3, -0.25) is 18.9 Å². The Morgan fingerprint density at radius 1 is 1.09 bits per heavy atom. The number of thioether (sulfide) groups is 1. The van der Waals surface area contributed by atoms with Crippen LogP contribution in [0.4, 0.5) is 0 Å². The van der Waals surface area contributed by atoms with Crippen LogP contribution in [0, 0.1) is 13.8 Å². The van der Waals surface area contributed by atoms with E-state index in [1.165, 1.54) is 16.2 Å². The summed E-state index contributed by atoms with van der Waals surface area (Å²) in [6.45, 7) is 6.69. The summed E-state index contributed by atoms with van der Waals surface area (Å²) in [5.74, 6) is 0.602. The highest BCUT2D eigenvalue weighted by atomic mass is 32.2. The van der Waals surface area contributed by atoms with Gasteiger partial charge in [-0.2, -0.15) is 4.98 Å². The van der Waals surface area contributed by atoms with E-state index in [9.17, 15) is 9.59 Å². The van der Waals surface area contributed by atoms with E-state index in [0.29, 0.717) is 27.2 Å². The number of aryl methyl sites for hydroxylation is 1. The van der Waals surface area contributed by atoms with Crippen molar-refractivity contribution in [1.29, 1.82) is 0 Å². The number of pyridine rings is 1. The summed E-state index contributed by atoms with van der Waals surface area (Å²) in [5.41, 5.74) is 2.41. The first-order valence-electron chi connectivity index (χ1n) is 11.4. The fourth-order valence-corrected chi connectivity index (χ4v) is 5.03. The summed E-state index contributed by atoms with van der Waals surface area (Å²) in [6, 6.07) is 11.1. The van der Waals surface area contributed by atoms with Crippen molar-refractivity contribution in [2.75, 3.05) is 6.54 Å². The molecule has 34 heavy (non-hydrogen) atoms. The van der Waals surface area contributed by atoms with Crippen molar-refractivity contribution in [3.05, 3.63) is 74.5 Å². The van der Waals surface area contributed by atoms with Crippen molar-refractivity contribution >= 4 is 45.9 Å². The fourth-order valence-electron chi connectivity index (χ4n) is 3.74. The van der Waals surface area contributed by atoms with Crippen molar-refractivity contribution in [3.63, 3.8) is 0 Å². The maximum absolute atomic E-state index is 13.4. The number of amides is 1. The van der Waals surface area contributed by atoms with Gasteiger partial charge in [0, 0.05) is 12.7 Å². The molecule has 1 saturated heterocycles. The number of carbonyl (C=O) groups excluding carboxylic acids is 1. The minimum absolute atomic E-state index is 0.165. The van der Waals surface area contributed by atoms with Crippen molar-refractivity contribution < 1.29 is 9.53 Å². The molecule has 0 atom stereocenters. The average Bonchev–Trinajstić information content (AvgIpc) is 3.09. The van der Waals surface area contributed by atoms with Gasteiger partial charge in [0.2, 0.25) is 5.88 Å². The van der Waals surface area contributed by atoms with Crippen LogP contribution in [0.5, 0.6) is 11.6 Å². The molecule has 0 aliphatic carbocycles. The molecular formula is C26H27N3O3S2. The van der Waals surface area contributed by atoms with Crippen molar-refractivity contribution in [1.82, 2.24) is 14.3 Å². The molecule has 0 spiro atoms. The second-order valence-corrected chi connectivity index (χ2v) is 9.93. The van der Waals surface area contributed by atoms with E-state index in [0.717, 1.165) is 36.8 Å². The van der Waals surface area contributed by atoms with E-state index in [1.807, 2.05) is 38.1 Å². The number of thiocarbonyl (C=S) groups is 1. The molecule has 1 aliphatic rings. The molecule has 1 amide bonds. The molecule has 0 N–H and O–H groups in total. The van der Waals surface area contributed by atoms with E-state index in [1.54, 1.807) is 29.3 Å². The number of unbranched alkanes of at least 4 members (excludes halogenated alkanes) is 3. The van der Waals surface area contributed by atoms with Gasteiger partial charge >= 0.3 is 0 Å². The number of hydrogen-bond acceptors (Lipinski definition) is 6. The standard InChI is InChI=1S/C26H27N3O3S2/c1-4-5-6-8-15-29-25(31)21(34-26(29)33)16-19-23(32-20-12-10-11-17(2)18(20)3)27-22-13-7-9-14-28(22)24(19)30/h7,9-14,16H,4-6,8,15H2,1-3H3/b21-16+. The highest BCUT2D eigenvalue weighted by Crippen LogP contribution is 2.35. The molecule has 1 aliphatic heterocycles. The monoisotopic (exact) mass is 493 g/mol. The van der Waals surface area contributed by atoms with Crippen LogP contribution in [0.2, 0.25) is 0 Å². The zero-order chi connectivity index (χ0) is 24.2. The molecule has 3 heterocycles. The van der Waals surface area contributed by atoms with Crippen LogP contribution in [0.1, 0.15) is 49.3 Å². The number of fused-ring (bicyclic) bond motifs is 1. The molecule has 0 unspecified atom stereocenters. The van der Waals surface area contributed by atoms with E-state index < -0.39 is 0 Å². The molecule has 8 heteroatoms. The number of carbonyl (C=O) groups is 1. The lowest BCUT2D eigenvalue weighted by atomic mass is 10.1. The minimum Gasteiger partial charge on any atom is -0.438 e. The molecule has 0 radical (unpaired) electrons. The van der Waals surface area contributed by atoms with Gasteiger partial charge in [0.25, 0.3) is 11.5 Å². The molecule has 1 fully saturated rings. The Balaban J connectivity index is 1.75. The first-order valence-corrected chi connectivity index (χ1v) is 12.6. The van der Waals surface area contributed by atoms with Crippen LogP contribution in [0.3, 0.4) is 0 Å². The average molecular weight is 494 g/mol. The predicted molar refractivity (Wildman–Crippen MR) is 141 cm³/mol. The second-order valence-electron chi connectivity index (χ2n) is 8.26. The second kappa shape index (κ2) is 10.5. The summed E-state index contributed by atoms with van der Waals surface area (Å²) in [4.78, 5) is 33.2. The highest BCUT2D eigenvalue weighted by Gasteiger charge is 2.32. The van der Waals surface area contributed by atoms with Crippen LogP contribution in [0.25, 0.3) is 11.7 Å². The summed E-state index contributed by atoms with van der Waals surface area (Å²) >= 11 is 6.68. The van der Waals surface area contributed by atoms with E-state index in [4.69, 9.17) is 17.0 Å². The molecule has 6 nitrogen and oxygen atoms in total. The lowest BCUT2D eigenvalue weighted by Gasteiger charge is -2.14. The van der Waals surface area contributed by atoms with Crippen molar-refractivity contribution in [3.8, 4) is 11.6 Å². The zero-order valence-corrected chi connectivity index (χ0v) is 21.2. The van der Waals surface area contributed by atoms with Gasteiger partial charge in [0.05, 0.1) is 4.91 Å². The number of rotatable bonds is 8. The zero-order valence-electron chi connectivity index (χ0n) is 19.5. The van der Waals surface area contributed by atoms with E-state index >= 15 is 0 Å². The number of aromatic nitrogens is 2. The van der Waals surface area contributed by atoms with Gasteiger partial charge in [-0.15, -0.1) is 0 Å². The third-order valence-electron chi connectivity index (χ3n) is 5.88. The maximum atomic E-state index is 13.4. The summed E-state index contributed by atoms with van der Waals surface area (Å²) < 4.78 is 8.13. The molecule has 0 saturated carbocycles. The lowest BCUT2D eigenvalue weighted by Crippen LogP contribution is -2.29. The van der Waals surface area contributed by atoms with E-state index in [-0.39, 0.29) is 22.9 Å². The molecular weight excluding hydrogens is 466 g/mol. The Hall–Kier alpha value is -2.97. The third kappa shape index (κ3) is 4.93. The Bertz CT molecular complexity index is 1350. The molecule has 4 rings (SSSR count). The van der Waals surface area contributed by atoms with Crippen LogP contribution in [-0.4, -0.2) is 31.1 Å². The molecule has 0 bridgehead atoms. The Kier molecular flexibility index (Phi) is 7.48. The van der Waals surface area contributed by atoms with Crippen LogP contribution in [-0.2, 0) is 4.79 Å². The maximum Gasteiger partial charge on any atom is 0.269 e. The first-order chi connectivity index (χ1) is 16.4. The lowest BCUT2D eigenvalue weighted by molar-refractivity contribution is -0.122. The first kappa shape index (κ1) is 24.2. The topological polar surface area (TPSA) is 63.9 Å². The van der Waals surface area contributed by atoms with Gasteiger partial charge in [0.15, 0.2) is 0 Å². The quantitative estimate of drug-likeness (QED) is 0.222. The normalized spacial score (nSPS) is 15.0. The van der Waals surface area contributed by atoms with Gasteiger partial charge in [0.1, 0.15) is 21.3 Å². The van der Waals surface area contributed by atoms with Crippen LogP contribution >= 0.6 is 24.0 Å². The highest BCUT2D eigenvalue weighted by molar-refractivity contribution is 8.26. The summed E-state index contributed by atoms with van der Waals surface area (Å²) in [6.07, 6.45) is 7.43. The number of nitrogens with zero attached hydrogens (tertiary/aromatic N) is 3. The van der Waals surface area contributed by atoms with E-state index in [2.05, 4.69) is 11.9 Å². The number of benzene rings is 1. The summed E-state index contributed by atoms with van der Waals surface area (Å²) in [7, 11) is 0. The molecule has 176 valence electrons. The van der Waals surface area contributed by atoms with Gasteiger partial charge in [-0.1, -0.05) is 68.4 Å². The van der Waals surface area contributed by atoms with Crippen molar-refractivity contribution in [2.24, 2.45) is 0 Å². The van der Waals surface area contributed by atoms with Gasteiger partial charge < -0.3 is 4.74 Å². The van der Waals surface area contributed by atoms with Crippen LogP contribution < -0.4 is 10.3 Å². The Labute approximate surface area is 208 Å². The van der Waals surface area contributed by atoms with Crippen molar-refractivity contribution in [2.45, 2.75) is 46.5 Å². The molecule has 2 aromatic heterocycles. The largest absolute Gasteiger partial charge is 0.438 e. The van der Waals surface area contributed by atoms with Crippen LogP contribution in [0.15, 0.2) is 52.3 Å². The number of ether oxygens (including phenoxy) is 1. The molecule has 3 aromatic rings. The SMILES string of the molecule is CCCCCCN1C(=O)/C(=C\c2c(Oc3cccc(C)c3C)nc3ccccn3c2=O)SC1=S.